The standard InChI is InChI=1S/C16H24F2N2O/c1-2-3-12(8-9-19)4-7-16(21)20-11-13-10-14(17)5-6-15(13)18/h5-6,10,12H,2-4,7-9,11,19H2,1H3,(H,20,21). The fourth-order valence-electron chi connectivity index (χ4n) is 2.37. The molecule has 1 rings (SSSR count). The smallest absolute Gasteiger partial charge is 0.220 e. The van der Waals surface area contributed by atoms with Gasteiger partial charge >= 0.3 is 0 Å². The summed E-state index contributed by atoms with van der Waals surface area (Å²) in [4.78, 5) is 11.8. The molecule has 0 aliphatic heterocycles. The van der Waals surface area contributed by atoms with Gasteiger partial charge in [0.2, 0.25) is 5.91 Å². The predicted molar refractivity (Wildman–Crippen MR) is 79.5 cm³/mol. The van der Waals surface area contributed by atoms with Gasteiger partial charge < -0.3 is 11.1 Å². The third-order valence-electron chi connectivity index (χ3n) is 3.54. The Balaban J connectivity index is 2.38. The molecule has 0 saturated carbocycles. The summed E-state index contributed by atoms with van der Waals surface area (Å²) in [7, 11) is 0. The van der Waals surface area contributed by atoms with Crippen LogP contribution in [-0.4, -0.2) is 12.5 Å². The third kappa shape index (κ3) is 6.67. The number of hydrogen-bond acceptors (Lipinski definition) is 2. The van der Waals surface area contributed by atoms with Crippen molar-refractivity contribution in [2.45, 2.75) is 45.6 Å². The molecule has 1 amide bonds. The SMILES string of the molecule is CCCC(CCN)CCC(=O)NCc1cc(F)ccc1F. The van der Waals surface area contributed by atoms with Crippen molar-refractivity contribution in [3.8, 4) is 0 Å². The maximum absolute atomic E-state index is 13.4. The molecule has 0 saturated heterocycles. The molecule has 1 unspecified atom stereocenters. The second-order valence-electron chi connectivity index (χ2n) is 5.28. The van der Waals surface area contributed by atoms with Gasteiger partial charge in [0.25, 0.3) is 0 Å². The Hall–Kier alpha value is -1.49. The number of rotatable bonds is 9. The van der Waals surface area contributed by atoms with Gasteiger partial charge in [-0.25, -0.2) is 8.78 Å². The van der Waals surface area contributed by atoms with Crippen molar-refractivity contribution in [1.29, 1.82) is 0 Å². The lowest BCUT2D eigenvalue weighted by Gasteiger charge is -2.14. The summed E-state index contributed by atoms with van der Waals surface area (Å²) in [5, 5.41) is 2.63. The molecule has 0 spiro atoms. The number of halogens is 2. The Morgan fingerprint density at radius 1 is 1.29 bits per heavy atom. The molecule has 0 aliphatic rings. The van der Waals surface area contributed by atoms with Crippen LogP contribution >= 0.6 is 0 Å². The lowest BCUT2D eigenvalue weighted by Crippen LogP contribution is -2.24. The van der Waals surface area contributed by atoms with Gasteiger partial charge in [0.1, 0.15) is 11.6 Å². The topological polar surface area (TPSA) is 55.1 Å². The molecule has 21 heavy (non-hydrogen) atoms. The average Bonchev–Trinajstić information content (AvgIpc) is 2.46. The van der Waals surface area contributed by atoms with Crippen LogP contribution in [0.3, 0.4) is 0 Å². The van der Waals surface area contributed by atoms with E-state index in [2.05, 4.69) is 12.2 Å². The summed E-state index contributed by atoms with van der Waals surface area (Å²) < 4.78 is 26.4. The van der Waals surface area contributed by atoms with Gasteiger partial charge in [-0.1, -0.05) is 19.8 Å². The number of nitrogens with two attached hydrogens (primary N) is 1. The van der Waals surface area contributed by atoms with Crippen LogP contribution in [0.25, 0.3) is 0 Å². The molecular formula is C16H24F2N2O. The molecule has 1 atom stereocenters. The zero-order valence-electron chi connectivity index (χ0n) is 12.5. The number of hydrogen-bond donors (Lipinski definition) is 2. The number of carbonyl (C=O) groups is 1. The summed E-state index contributed by atoms with van der Waals surface area (Å²) >= 11 is 0. The minimum absolute atomic E-state index is 0.0117. The van der Waals surface area contributed by atoms with Gasteiger partial charge in [0.05, 0.1) is 0 Å². The lowest BCUT2D eigenvalue weighted by atomic mass is 9.94. The van der Waals surface area contributed by atoms with E-state index in [4.69, 9.17) is 5.73 Å². The molecule has 0 radical (unpaired) electrons. The quantitative estimate of drug-likeness (QED) is 0.736. The molecule has 0 fully saturated rings. The Morgan fingerprint density at radius 2 is 2.05 bits per heavy atom. The molecule has 1 aromatic rings. The Morgan fingerprint density at radius 3 is 2.71 bits per heavy atom. The molecule has 0 heterocycles. The van der Waals surface area contributed by atoms with Crippen LogP contribution in [0.15, 0.2) is 18.2 Å². The first-order valence-electron chi connectivity index (χ1n) is 7.47. The van der Waals surface area contributed by atoms with Gasteiger partial charge in [-0.3, -0.25) is 4.79 Å². The van der Waals surface area contributed by atoms with Crippen LogP contribution in [0.4, 0.5) is 8.78 Å². The molecule has 5 heteroatoms. The van der Waals surface area contributed by atoms with Crippen LogP contribution in [0.1, 0.15) is 44.6 Å². The zero-order chi connectivity index (χ0) is 15.7. The second kappa shape index (κ2) is 9.45. The predicted octanol–water partition coefficient (Wildman–Crippen LogP) is 3.13. The maximum Gasteiger partial charge on any atom is 0.220 e. The van der Waals surface area contributed by atoms with Gasteiger partial charge in [0.15, 0.2) is 0 Å². The second-order valence-corrected chi connectivity index (χ2v) is 5.28. The van der Waals surface area contributed by atoms with Gasteiger partial charge in [0, 0.05) is 18.5 Å². The van der Waals surface area contributed by atoms with Gasteiger partial charge in [-0.2, -0.15) is 0 Å². The largest absolute Gasteiger partial charge is 0.352 e. The summed E-state index contributed by atoms with van der Waals surface area (Å²) in [5.74, 6) is -0.705. The average molecular weight is 298 g/mol. The van der Waals surface area contributed by atoms with E-state index in [1.807, 2.05) is 0 Å². The van der Waals surface area contributed by atoms with Crippen LogP contribution in [-0.2, 0) is 11.3 Å². The highest BCUT2D eigenvalue weighted by molar-refractivity contribution is 5.75. The zero-order valence-corrected chi connectivity index (χ0v) is 12.5. The molecule has 3 N–H and O–H groups in total. The molecule has 0 bridgehead atoms. The minimum atomic E-state index is -0.510. The lowest BCUT2D eigenvalue weighted by molar-refractivity contribution is -0.121. The first-order chi connectivity index (χ1) is 10.1. The number of amides is 1. The normalized spacial score (nSPS) is 12.2. The number of carbonyl (C=O) groups excluding carboxylic acids is 1. The van der Waals surface area contributed by atoms with E-state index in [1.165, 1.54) is 0 Å². The van der Waals surface area contributed by atoms with Gasteiger partial charge in [-0.15, -0.1) is 0 Å². The molecular weight excluding hydrogens is 274 g/mol. The van der Waals surface area contributed by atoms with E-state index in [0.717, 1.165) is 43.9 Å². The van der Waals surface area contributed by atoms with Crippen LogP contribution < -0.4 is 11.1 Å². The van der Waals surface area contributed by atoms with Crippen molar-refractivity contribution in [3.63, 3.8) is 0 Å². The summed E-state index contributed by atoms with van der Waals surface area (Å²) in [5.41, 5.74) is 5.72. The highest BCUT2D eigenvalue weighted by Crippen LogP contribution is 2.17. The fraction of sp³-hybridized carbons (Fsp3) is 0.562. The Kier molecular flexibility index (Phi) is 7.90. The van der Waals surface area contributed by atoms with E-state index >= 15 is 0 Å². The van der Waals surface area contributed by atoms with Crippen molar-refractivity contribution in [2.75, 3.05) is 6.54 Å². The van der Waals surface area contributed by atoms with Crippen LogP contribution in [0.5, 0.6) is 0 Å². The van der Waals surface area contributed by atoms with Crippen molar-refractivity contribution in [3.05, 3.63) is 35.4 Å². The summed E-state index contributed by atoms with van der Waals surface area (Å²) in [6.45, 7) is 2.74. The Labute approximate surface area is 124 Å². The first-order valence-corrected chi connectivity index (χ1v) is 7.47. The summed E-state index contributed by atoms with van der Waals surface area (Å²) in [6, 6.07) is 3.22. The summed E-state index contributed by atoms with van der Waals surface area (Å²) in [6.07, 6.45) is 4.22. The molecule has 3 nitrogen and oxygen atoms in total. The van der Waals surface area contributed by atoms with Crippen LogP contribution in [0.2, 0.25) is 0 Å². The highest BCUT2D eigenvalue weighted by Gasteiger charge is 2.11. The van der Waals surface area contributed by atoms with Crippen LogP contribution in [0, 0.1) is 17.6 Å². The van der Waals surface area contributed by atoms with E-state index < -0.39 is 11.6 Å². The van der Waals surface area contributed by atoms with E-state index in [-0.39, 0.29) is 18.0 Å². The van der Waals surface area contributed by atoms with Crippen molar-refractivity contribution in [2.24, 2.45) is 11.7 Å². The van der Waals surface area contributed by atoms with Crippen molar-refractivity contribution < 1.29 is 13.6 Å². The van der Waals surface area contributed by atoms with E-state index in [1.54, 1.807) is 0 Å². The molecule has 118 valence electrons. The van der Waals surface area contributed by atoms with Crippen molar-refractivity contribution in [1.82, 2.24) is 5.32 Å². The number of benzene rings is 1. The van der Waals surface area contributed by atoms with E-state index in [9.17, 15) is 13.6 Å². The number of nitrogens with one attached hydrogen (secondary N) is 1. The first kappa shape index (κ1) is 17.6. The highest BCUT2D eigenvalue weighted by atomic mass is 19.1. The minimum Gasteiger partial charge on any atom is -0.352 e. The molecule has 1 aromatic carbocycles. The fourth-order valence-corrected chi connectivity index (χ4v) is 2.37. The maximum atomic E-state index is 13.4. The van der Waals surface area contributed by atoms with Gasteiger partial charge in [-0.05, 0) is 43.5 Å². The Bertz CT molecular complexity index is 446. The molecule has 0 aliphatic carbocycles. The van der Waals surface area contributed by atoms with E-state index in [0.29, 0.717) is 18.9 Å². The van der Waals surface area contributed by atoms with Crippen molar-refractivity contribution >= 4 is 5.91 Å². The third-order valence-corrected chi connectivity index (χ3v) is 3.54. The monoisotopic (exact) mass is 298 g/mol. The molecule has 0 aromatic heterocycles.